The van der Waals surface area contributed by atoms with E-state index in [1.165, 1.54) is 0 Å². The van der Waals surface area contributed by atoms with Gasteiger partial charge >= 0.3 is 0 Å². The van der Waals surface area contributed by atoms with Crippen molar-refractivity contribution in [2.45, 2.75) is 85.7 Å². The van der Waals surface area contributed by atoms with Crippen LogP contribution < -0.4 is 20.9 Å². The van der Waals surface area contributed by atoms with Crippen molar-refractivity contribution in [3.8, 4) is 0 Å². The number of ether oxygens (including phenoxy) is 1. The number of halogens is 1. The minimum atomic E-state index is -1.65. The fraction of sp³-hybridized carbons (Fsp3) is 0.633. The summed E-state index contributed by atoms with van der Waals surface area (Å²) in [4.78, 5) is 32.1. The van der Waals surface area contributed by atoms with Crippen LogP contribution in [0.3, 0.4) is 0 Å². The average Bonchev–Trinajstić information content (AvgIpc) is 3.33. The van der Waals surface area contributed by atoms with Crippen LogP contribution in [-0.2, 0) is 14.3 Å². The number of anilines is 2. The molecule has 3 aromatic rings. The zero-order valence-corrected chi connectivity index (χ0v) is 25.8. The molecule has 2 aromatic heterocycles. The molecule has 12 heteroatoms. The zero-order chi connectivity index (χ0) is 30.6. The number of unbranched alkanes of at least 4 members (excludes halogenated alkanes) is 1. The Labute approximate surface area is 247 Å². The number of nitrogens with one attached hydrogen (secondary N) is 3. The number of carbonyl (C=O) groups excluding carboxylic acids is 2. The molecule has 4 rings (SSSR count). The zero-order valence-electron chi connectivity index (χ0n) is 25.8. The molecule has 0 aliphatic carbocycles. The highest BCUT2D eigenvalue weighted by Gasteiger charge is 2.29. The molecule has 0 saturated carbocycles. The van der Waals surface area contributed by atoms with Gasteiger partial charge in [-0.1, -0.05) is 27.7 Å². The molecule has 11 nitrogen and oxygen atoms in total. The number of morpholine rings is 1. The van der Waals surface area contributed by atoms with Gasteiger partial charge in [-0.15, -0.1) is 10.2 Å². The van der Waals surface area contributed by atoms with E-state index in [0.717, 1.165) is 42.1 Å². The third-order valence-corrected chi connectivity index (χ3v) is 7.53. The van der Waals surface area contributed by atoms with E-state index in [-0.39, 0.29) is 24.0 Å². The summed E-state index contributed by atoms with van der Waals surface area (Å²) in [6.45, 7) is 15.7. The second-order valence-corrected chi connectivity index (χ2v) is 12.0. The van der Waals surface area contributed by atoms with Crippen LogP contribution in [0.2, 0.25) is 0 Å². The summed E-state index contributed by atoms with van der Waals surface area (Å²) >= 11 is 0. The molecule has 0 radical (unpaired) electrons. The lowest BCUT2D eigenvalue weighted by Gasteiger charge is -2.36. The Morgan fingerprint density at radius 2 is 1.71 bits per heavy atom. The van der Waals surface area contributed by atoms with E-state index in [9.17, 15) is 14.0 Å². The number of nitrogens with zero attached hydrogens (tertiary/aromatic N) is 5. The van der Waals surface area contributed by atoms with Crippen molar-refractivity contribution in [1.29, 1.82) is 0 Å². The van der Waals surface area contributed by atoms with Crippen molar-refractivity contribution >= 4 is 40.0 Å². The van der Waals surface area contributed by atoms with Crippen molar-refractivity contribution in [3.05, 3.63) is 24.0 Å². The van der Waals surface area contributed by atoms with Gasteiger partial charge in [-0.25, -0.2) is 9.37 Å². The van der Waals surface area contributed by atoms with Gasteiger partial charge in [-0.05, 0) is 63.6 Å². The maximum atomic E-state index is 14.1. The number of aryl methyl sites for hydroxylation is 1. The summed E-state index contributed by atoms with van der Waals surface area (Å²) in [5.74, 6) is -0.238. The Bertz CT molecular complexity index is 1380. The van der Waals surface area contributed by atoms with E-state index >= 15 is 0 Å². The largest absolute Gasteiger partial charge is 0.372 e. The number of alkyl halides is 1. The van der Waals surface area contributed by atoms with Crippen LogP contribution in [0.5, 0.6) is 0 Å². The van der Waals surface area contributed by atoms with E-state index in [1.807, 2.05) is 25.2 Å². The van der Waals surface area contributed by atoms with E-state index in [2.05, 4.69) is 63.1 Å². The molecule has 1 fully saturated rings. The van der Waals surface area contributed by atoms with Gasteiger partial charge in [0.2, 0.25) is 11.6 Å². The quantitative estimate of drug-likeness (QED) is 0.276. The summed E-state index contributed by atoms with van der Waals surface area (Å²) in [6.07, 6.45) is 0.144. The number of benzene rings is 1. The summed E-state index contributed by atoms with van der Waals surface area (Å²) < 4.78 is 22.0. The van der Waals surface area contributed by atoms with Crippen molar-refractivity contribution < 1.29 is 18.7 Å². The smallest absolute Gasteiger partial charge is 0.255 e. The molecule has 42 heavy (non-hydrogen) atoms. The predicted molar refractivity (Wildman–Crippen MR) is 162 cm³/mol. The second kappa shape index (κ2) is 13.6. The summed E-state index contributed by atoms with van der Waals surface area (Å²) in [5.41, 5.74) is 3.56. The Kier molecular flexibility index (Phi) is 10.2. The van der Waals surface area contributed by atoms with Crippen LogP contribution in [0.15, 0.2) is 18.2 Å². The van der Waals surface area contributed by atoms with Crippen LogP contribution in [0.25, 0.3) is 16.7 Å². The molecule has 2 amide bonds. The van der Waals surface area contributed by atoms with Gasteiger partial charge in [0.1, 0.15) is 11.9 Å². The lowest BCUT2D eigenvalue weighted by Crippen LogP contribution is -2.52. The van der Waals surface area contributed by atoms with Gasteiger partial charge in [-0.3, -0.25) is 14.0 Å². The van der Waals surface area contributed by atoms with Crippen molar-refractivity contribution in [2.75, 3.05) is 36.4 Å². The minimum absolute atomic E-state index is 0.157. The highest BCUT2D eigenvalue weighted by Crippen LogP contribution is 2.27. The van der Waals surface area contributed by atoms with Crippen LogP contribution >= 0.6 is 0 Å². The first-order chi connectivity index (χ1) is 20.0. The molecule has 3 heterocycles. The first-order valence-corrected chi connectivity index (χ1v) is 15.0. The molecule has 0 bridgehead atoms. The maximum Gasteiger partial charge on any atom is 0.255 e. The molecular weight excluding hydrogens is 539 g/mol. The fourth-order valence-electron chi connectivity index (χ4n) is 5.32. The van der Waals surface area contributed by atoms with Gasteiger partial charge in [0.05, 0.1) is 23.2 Å². The van der Waals surface area contributed by atoms with Crippen LogP contribution in [0.1, 0.15) is 60.2 Å². The molecule has 1 aliphatic rings. The first kappa shape index (κ1) is 31.4. The van der Waals surface area contributed by atoms with Crippen LogP contribution in [0, 0.1) is 18.8 Å². The minimum Gasteiger partial charge on any atom is -0.372 e. The van der Waals surface area contributed by atoms with Crippen LogP contribution in [0.4, 0.5) is 15.9 Å². The molecule has 230 valence electrons. The third kappa shape index (κ3) is 7.26. The van der Waals surface area contributed by atoms with Gasteiger partial charge in [-0.2, -0.15) is 0 Å². The van der Waals surface area contributed by atoms with Gasteiger partial charge < -0.3 is 25.6 Å². The average molecular weight is 585 g/mol. The SMILES string of the molecule is Cc1nnc2c(NCCCCNC(=O)[C@@H](NC(=O)[C@@H](F)C(C)C)C(C)C)nc3cc(N4C[C@@H](C)O[C@@H](C)C4)ccc3n12. The Balaban J connectivity index is 1.36. The Morgan fingerprint density at radius 3 is 2.38 bits per heavy atom. The van der Waals surface area contributed by atoms with E-state index in [0.29, 0.717) is 31.0 Å². The normalized spacial score (nSPS) is 19.0. The number of carbonyl (C=O) groups is 2. The molecule has 0 unspecified atom stereocenters. The number of hydrogen-bond acceptors (Lipinski definition) is 8. The molecule has 1 aliphatic heterocycles. The predicted octanol–water partition coefficient (Wildman–Crippen LogP) is 3.64. The van der Waals surface area contributed by atoms with E-state index in [1.54, 1.807) is 13.8 Å². The number of amides is 2. The number of hydrogen-bond donors (Lipinski definition) is 3. The third-order valence-electron chi connectivity index (χ3n) is 7.53. The first-order valence-electron chi connectivity index (χ1n) is 15.0. The molecule has 3 N–H and O–H groups in total. The second-order valence-electron chi connectivity index (χ2n) is 12.0. The molecule has 1 saturated heterocycles. The highest BCUT2D eigenvalue weighted by atomic mass is 19.1. The maximum absolute atomic E-state index is 14.1. The lowest BCUT2D eigenvalue weighted by atomic mass is 10.0. The Morgan fingerprint density at radius 1 is 1.02 bits per heavy atom. The molecule has 0 spiro atoms. The molecule has 1 aromatic carbocycles. The van der Waals surface area contributed by atoms with Gasteiger partial charge in [0.15, 0.2) is 12.0 Å². The van der Waals surface area contributed by atoms with Gasteiger partial charge in [0.25, 0.3) is 5.91 Å². The van der Waals surface area contributed by atoms with E-state index in [4.69, 9.17) is 9.72 Å². The Hall–Kier alpha value is -3.54. The van der Waals surface area contributed by atoms with Crippen molar-refractivity contribution in [2.24, 2.45) is 11.8 Å². The highest BCUT2D eigenvalue weighted by molar-refractivity contribution is 5.89. The van der Waals surface area contributed by atoms with Crippen LogP contribution in [-0.4, -0.2) is 82.0 Å². The summed E-state index contributed by atoms with van der Waals surface area (Å²) in [7, 11) is 0. The monoisotopic (exact) mass is 584 g/mol. The standard InChI is InChI=1S/C30H45FN8O3/c1-17(2)25(31)29(40)35-26(18(3)4)30(41)33-13-9-8-12-32-27-28-37-36-21(7)39(28)24-11-10-22(14-23(24)34-27)38-15-19(5)42-20(6)16-38/h10-11,14,17-20,25-26H,8-9,12-13,15-16H2,1-7H3,(H,32,34)(H,33,41)(H,35,40)/t19-,20+,25-,26-/m0/s1. The molecule has 4 atom stereocenters. The molecular formula is C30H45FN8O3. The number of aromatic nitrogens is 4. The number of rotatable bonds is 12. The number of fused-ring (bicyclic) bond motifs is 3. The van der Waals surface area contributed by atoms with Gasteiger partial charge in [0, 0.05) is 31.9 Å². The fourth-order valence-corrected chi connectivity index (χ4v) is 5.32. The van der Waals surface area contributed by atoms with E-state index < -0.39 is 24.0 Å². The summed E-state index contributed by atoms with van der Waals surface area (Å²) in [5, 5.41) is 17.5. The van der Waals surface area contributed by atoms with Crippen molar-refractivity contribution in [3.63, 3.8) is 0 Å². The van der Waals surface area contributed by atoms with Crippen molar-refractivity contribution in [1.82, 2.24) is 30.2 Å². The topological polar surface area (TPSA) is 126 Å². The summed E-state index contributed by atoms with van der Waals surface area (Å²) in [6, 6.07) is 5.51. The lowest BCUT2D eigenvalue weighted by molar-refractivity contribution is -0.133.